The smallest absolute Gasteiger partial charge is 0.336 e. The number of ether oxygens (including phenoxy) is 2. The number of aromatic carboxylic acids is 1. The van der Waals surface area contributed by atoms with Crippen molar-refractivity contribution in [1.82, 2.24) is 0 Å². The molecule has 0 bridgehead atoms. The van der Waals surface area contributed by atoms with Crippen molar-refractivity contribution in [3.8, 4) is 21.9 Å². The lowest BCUT2D eigenvalue weighted by molar-refractivity contribution is 0.0697. The summed E-state index contributed by atoms with van der Waals surface area (Å²) in [5.41, 5.74) is 1.10. The monoisotopic (exact) mass is 342 g/mol. The van der Waals surface area contributed by atoms with E-state index in [1.54, 1.807) is 25.7 Å². The van der Waals surface area contributed by atoms with Gasteiger partial charge in [-0.2, -0.15) is 0 Å². The molecule has 2 rings (SSSR count). The van der Waals surface area contributed by atoms with Gasteiger partial charge in [0, 0.05) is 15.8 Å². The van der Waals surface area contributed by atoms with Crippen molar-refractivity contribution in [3.05, 3.63) is 33.6 Å². The van der Waals surface area contributed by atoms with Crippen molar-refractivity contribution < 1.29 is 19.4 Å². The Morgan fingerprint density at radius 3 is 2.58 bits per heavy atom. The van der Waals surface area contributed by atoms with Gasteiger partial charge in [0.2, 0.25) is 0 Å². The molecule has 1 N–H and O–H groups in total. The average molecular weight is 343 g/mol. The van der Waals surface area contributed by atoms with E-state index in [1.807, 2.05) is 12.1 Å². The molecule has 19 heavy (non-hydrogen) atoms. The van der Waals surface area contributed by atoms with Crippen LogP contribution in [0.2, 0.25) is 0 Å². The Bertz CT molecular complexity index is 621. The van der Waals surface area contributed by atoms with Crippen LogP contribution in [0.4, 0.5) is 0 Å². The molecule has 1 heterocycles. The highest BCUT2D eigenvalue weighted by molar-refractivity contribution is 9.10. The van der Waals surface area contributed by atoms with Crippen molar-refractivity contribution in [2.75, 3.05) is 14.2 Å². The molecule has 4 nitrogen and oxygen atoms in total. The Labute approximate surface area is 122 Å². The van der Waals surface area contributed by atoms with E-state index in [4.69, 9.17) is 14.6 Å². The molecule has 0 radical (unpaired) electrons. The van der Waals surface area contributed by atoms with Crippen molar-refractivity contribution in [1.29, 1.82) is 0 Å². The molecule has 0 unspecified atom stereocenters. The van der Waals surface area contributed by atoms with E-state index >= 15 is 0 Å². The largest absolute Gasteiger partial charge is 0.495 e. The van der Waals surface area contributed by atoms with E-state index in [0.717, 1.165) is 10.4 Å². The molecule has 2 aromatic rings. The number of methoxy groups -OCH3 is 2. The first-order valence-corrected chi connectivity index (χ1v) is 6.98. The number of benzene rings is 1. The van der Waals surface area contributed by atoms with E-state index < -0.39 is 5.97 Å². The zero-order chi connectivity index (χ0) is 14.0. The Morgan fingerprint density at radius 2 is 2.05 bits per heavy atom. The number of hydrogen-bond acceptors (Lipinski definition) is 4. The normalized spacial score (nSPS) is 10.3. The van der Waals surface area contributed by atoms with E-state index in [0.29, 0.717) is 16.0 Å². The second kappa shape index (κ2) is 5.63. The van der Waals surface area contributed by atoms with Gasteiger partial charge in [-0.05, 0) is 34.1 Å². The lowest BCUT2D eigenvalue weighted by Crippen LogP contribution is -1.93. The summed E-state index contributed by atoms with van der Waals surface area (Å²) in [6.45, 7) is 0. The summed E-state index contributed by atoms with van der Waals surface area (Å²) in [5.74, 6) is 0.350. The first-order valence-electron chi connectivity index (χ1n) is 5.31. The number of carboxylic acid groups (broad SMARTS) is 1. The fourth-order valence-corrected chi connectivity index (χ4v) is 3.25. The van der Waals surface area contributed by atoms with Gasteiger partial charge >= 0.3 is 5.97 Å². The quantitative estimate of drug-likeness (QED) is 0.915. The summed E-state index contributed by atoms with van der Waals surface area (Å²) in [6.07, 6.45) is 0. The second-order valence-corrected chi connectivity index (χ2v) is 5.37. The molecule has 6 heteroatoms. The minimum Gasteiger partial charge on any atom is -0.495 e. The first-order chi connectivity index (χ1) is 9.08. The third kappa shape index (κ3) is 2.59. The summed E-state index contributed by atoms with van der Waals surface area (Å²) in [4.78, 5) is 11.7. The fraction of sp³-hybridized carbons (Fsp3) is 0.154. The summed E-state index contributed by atoms with van der Waals surface area (Å²) in [7, 11) is 3.14. The highest BCUT2D eigenvalue weighted by Gasteiger charge is 2.16. The maximum Gasteiger partial charge on any atom is 0.336 e. The minimum absolute atomic E-state index is 0.272. The van der Waals surface area contributed by atoms with Crippen LogP contribution in [-0.2, 0) is 0 Å². The Balaban J connectivity index is 2.55. The minimum atomic E-state index is -0.936. The van der Waals surface area contributed by atoms with Gasteiger partial charge in [0.05, 0.1) is 19.8 Å². The van der Waals surface area contributed by atoms with Gasteiger partial charge in [-0.25, -0.2) is 4.79 Å². The van der Waals surface area contributed by atoms with Crippen molar-refractivity contribution in [3.63, 3.8) is 0 Å². The molecule has 0 amide bonds. The molecule has 0 spiro atoms. The molecule has 0 saturated heterocycles. The van der Waals surface area contributed by atoms with Crippen LogP contribution < -0.4 is 9.47 Å². The molecule has 0 aliphatic heterocycles. The summed E-state index contributed by atoms with van der Waals surface area (Å²) >= 11 is 4.78. The topological polar surface area (TPSA) is 55.8 Å². The molecule has 0 saturated carbocycles. The van der Waals surface area contributed by atoms with Gasteiger partial charge in [-0.1, -0.05) is 0 Å². The summed E-state index contributed by atoms with van der Waals surface area (Å²) in [5, 5.41) is 10.6. The second-order valence-electron chi connectivity index (χ2n) is 3.67. The summed E-state index contributed by atoms with van der Waals surface area (Å²) in [6, 6.07) is 5.28. The summed E-state index contributed by atoms with van der Waals surface area (Å²) < 4.78 is 11.3. The van der Waals surface area contributed by atoms with Gasteiger partial charge in [0.25, 0.3) is 0 Å². The van der Waals surface area contributed by atoms with E-state index in [2.05, 4.69) is 15.9 Å². The number of hydrogen-bond donors (Lipinski definition) is 1. The predicted molar refractivity (Wildman–Crippen MR) is 77.5 cm³/mol. The molecule has 0 aliphatic rings. The first kappa shape index (κ1) is 13.9. The van der Waals surface area contributed by atoms with Crippen LogP contribution in [0, 0.1) is 0 Å². The van der Waals surface area contributed by atoms with Crippen LogP contribution in [-0.4, -0.2) is 25.3 Å². The maximum absolute atomic E-state index is 10.9. The van der Waals surface area contributed by atoms with Crippen LogP contribution in [0.1, 0.15) is 10.4 Å². The van der Waals surface area contributed by atoms with E-state index in [1.165, 1.54) is 11.3 Å². The molecular weight excluding hydrogens is 332 g/mol. The Hall–Kier alpha value is -1.53. The van der Waals surface area contributed by atoms with Gasteiger partial charge in [-0.3, -0.25) is 0 Å². The lowest BCUT2D eigenvalue weighted by Gasteiger charge is -2.12. The lowest BCUT2D eigenvalue weighted by atomic mass is 10.1. The number of halogens is 1. The van der Waals surface area contributed by atoms with Crippen LogP contribution in [0.3, 0.4) is 0 Å². The van der Waals surface area contributed by atoms with Crippen LogP contribution in [0.25, 0.3) is 10.4 Å². The standard InChI is InChI=1S/C13H11BrO4S/c1-17-9-4-3-8(12(18-2)11(9)14)10-5-7(6-19-10)13(15)16/h3-6H,1-2H3,(H,15,16). The fourth-order valence-electron chi connectivity index (χ4n) is 1.68. The molecule has 1 aromatic heterocycles. The highest BCUT2D eigenvalue weighted by atomic mass is 79.9. The van der Waals surface area contributed by atoms with Crippen molar-refractivity contribution in [2.45, 2.75) is 0 Å². The van der Waals surface area contributed by atoms with Gasteiger partial charge < -0.3 is 14.6 Å². The molecule has 0 aliphatic carbocycles. The highest BCUT2D eigenvalue weighted by Crippen LogP contribution is 2.43. The Kier molecular flexibility index (Phi) is 4.11. The van der Waals surface area contributed by atoms with E-state index in [-0.39, 0.29) is 5.56 Å². The number of carboxylic acids is 1. The van der Waals surface area contributed by atoms with E-state index in [9.17, 15) is 4.79 Å². The molecule has 0 atom stereocenters. The number of carbonyl (C=O) groups is 1. The Morgan fingerprint density at radius 1 is 1.32 bits per heavy atom. The average Bonchev–Trinajstić information content (AvgIpc) is 2.87. The van der Waals surface area contributed by atoms with Crippen molar-refractivity contribution >= 4 is 33.2 Å². The van der Waals surface area contributed by atoms with Crippen LogP contribution >= 0.6 is 27.3 Å². The van der Waals surface area contributed by atoms with Crippen LogP contribution in [0.5, 0.6) is 11.5 Å². The molecule has 1 aromatic carbocycles. The third-order valence-electron chi connectivity index (χ3n) is 2.60. The maximum atomic E-state index is 10.9. The van der Waals surface area contributed by atoms with Gasteiger partial charge in [-0.15, -0.1) is 11.3 Å². The molecule has 0 fully saturated rings. The zero-order valence-electron chi connectivity index (χ0n) is 10.3. The number of thiophene rings is 1. The van der Waals surface area contributed by atoms with Gasteiger partial charge in [0.1, 0.15) is 16.0 Å². The predicted octanol–water partition coefficient (Wildman–Crippen LogP) is 3.89. The third-order valence-corrected chi connectivity index (χ3v) is 4.31. The van der Waals surface area contributed by atoms with Gasteiger partial charge in [0.15, 0.2) is 0 Å². The molecule has 100 valence electrons. The SMILES string of the molecule is COc1ccc(-c2cc(C(=O)O)cs2)c(OC)c1Br. The molecular formula is C13H11BrO4S. The number of rotatable bonds is 4. The van der Waals surface area contributed by atoms with Crippen LogP contribution in [0.15, 0.2) is 28.1 Å². The van der Waals surface area contributed by atoms with Crippen molar-refractivity contribution in [2.24, 2.45) is 0 Å². The zero-order valence-corrected chi connectivity index (χ0v) is 12.7.